The van der Waals surface area contributed by atoms with Gasteiger partial charge in [-0.1, -0.05) is 12.1 Å². The zero-order valence-electron chi connectivity index (χ0n) is 8.97. The molecule has 0 aromatic heterocycles. The molecule has 0 unspecified atom stereocenters. The van der Waals surface area contributed by atoms with Crippen LogP contribution in [0.3, 0.4) is 0 Å². The fraction of sp³-hybridized carbons (Fsp3) is 0.500. The smallest absolute Gasteiger partial charge is 0.264 e. The maximum atomic E-state index is 12.6. The van der Waals surface area contributed by atoms with Gasteiger partial charge in [-0.25, -0.2) is 8.78 Å². The van der Waals surface area contributed by atoms with Crippen LogP contribution in [0.2, 0.25) is 0 Å². The quantitative estimate of drug-likeness (QED) is 0.747. The molecule has 15 heavy (non-hydrogen) atoms. The maximum Gasteiger partial charge on any atom is 0.264 e. The molecule has 0 radical (unpaired) electrons. The summed E-state index contributed by atoms with van der Waals surface area (Å²) in [5, 5.41) is 0. The lowest BCUT2D eigenvalue weighted by molar-refractivity contribution is 0.150. The van der Waals surface area contributed by atoms with Gasteiger partial charge in [-0.05, 0) is 49.9 Å². The van der Waals surface area contributed by atoms with E-state index in [1.807, 2.05) is 6.07 Å². The summed E-state index contributed by atoms with van der Waals surface area (Å²) in [7, 11) is 0. The second-order valence-electron chi connectivity index (χ2n) is 3.74. The molecule has 1 aromatic carbocycles. The molecular weight excluding hydrogens is 196 g/mol. The monoisotopic (exact) mass is 213 g/mol. The summed E-state index contributed by atoms with van der Waals surface area (Å²) in [5.41, 5.74) is 7.16. The number of unbranched alkanes of at least 4 members (excludes halogenated alkanes) is 1. The summed E-state index contributed by atoms with van der Waals surface area (Å²) in [4.78, 5) is 0. The first kappa shape index (κ1) is 12.1. The van der Waals surface area contributed by atoms with Gasteiger partial charge in [0.2, 0.25) is 0 Å². The van der Waals surface area contributed by atoms with Gasteiger partial charge >= 0.3 is 0 Å². The summed E-state index contributed by atoms with van der Waals surface area (Å²) in [6, 6.07) is 5.29. The van der Waals surface area contributed by atoms with Crippen molar-refractivity contribution in [3.8, 4) is 0 Å². The number of aryl methyl sites for hydroxylation is 2. The Kier molecular flexibility index (Phi) is 4.69. The normalized spacial score (nSPS) is 11.0. The summed E-state index contributed by atoms with van der Waals surface area (Å²) < 4.78 is 25.2. The third kappa shape index (κ3) is 3.59. The second kappa shape index (κ2) is 5.81. The van der Waals surface area contributed by atoms with Crippen molar-refractivity contribution in [3.63, 3.8) is 0 Å². The predicted octanol–water partition coefficient (Wildman–Crippen LogP) is 3.21. The second-order valence-corrected chi connectivity index (χ2v) is 3.74. The van der Waals surface area contributed by atoms with Gasteiger partial charge in [-0.2, -0.15) is 0 Å². The summed E-state index contributed by atoms with van der Waals surface area (Å²) in [6.07, 6.45) is 0.358. The number of nitrogens with two attached hydrogens (primary N) is 1. The van der Waals surface area contributed by atoms with Gasteiger partial charge in [-0.15, -0.1) is 0 Å². The van der Waals surface area contributed by atoms with E-state index in [2.05, 4.69) is 0 Å². The SMILES string of the molecule is Cc1ccc(CCCCN)cc1C(F)F. The molecule has 0 heterocycles. The zero-order chi connectivity index (χ0) is 11.3. The molecule has 0 bridgehead atoms. The van der Waals surface area contributed by atoms with Crippen LogP contribution in [0.5, 0.6) is 0 Å². The van der Waals surface area contributed by atoms with E-state index in [9.17, 15) is 8.78 Å². The average molecular weight is 213 g/mol. The van der Waals surface area contributed by atoms with Gasteiger partial charge in [0.05, 0.1) is 0 Å². The van der Waals surface area contributed by atoms with Gasteiger partial charge in [-0.3, -0.25) is 0 Å². The summed E-state index contributed by atoms with van der Waals surface area (Å²) >= 11 is 0. The van der Waals surface area contributed by atoms with Crippen LogP contribution in [-0.2, 0) is 6.42 Å². The van der Waals surface area contributed by atoms with Gasteiger partial charge in [0, 0.05) is 5.56 Å². The average Bonchev–Trinajstić information content (AvgIpc) is 2.20. The highest BCUT2D eigenvalue weighted by atomic mass is 19.3. The van der Waals surface area contributed by atoms with Crippen LogP contribution in [0.1, 0.15) is 36.0 Å². The summed E-state index contributed by atoms with van der Waals surface area (Å²) in [5.74, 6) is 0. The number of alkyl halides is 2. The Morgan fingerprint density at radius 1 is 1.27 bits per heavy atom. The molecule has 84 valence electrons. The van der Waals surface area contributed by atoms with Crippen LogP contribution in [0, 0.1) is 6.92 Å². The molecule has 1 aromatic rings. The Labute approximate surface area is 89.3 Å². The van der Waals surface area contributed by atoms with E-state index in [0.29, 0.717) is 12.1 Å². The van der Waals surface area contributed by atoms with E-state index in [0.717, 1.165) is 24.8 Å². The Bertz CT molecular complexity index is 310. The minimum Gasteiger partial charge on any atom is -0.330 e. The Hall–Kier alpha value is -0.960. The van der Waals surface area contributed by atoms with Crippen molar-refractivity contribution in [3.05, 3.63) is 34.9 Å². The number of hydrogen-bond acceptors (Lipinski definition) is 1. The zero-order valence-corrected chi connectivity index (χ0v) is 8.97. The van der Waals surface area contributed by atoms with E-state index in [4.69, 9.17) is 5.73 Å². The van der Waals surface area contributed by atoms with Gasteiger partial charge in [0.1, 0.15) is 0 Å². The maximum absolute atomic E-state index is 12.6. The first-order valence-corrected chi connectivity index (χ1v) is 5.22. The van der Waals surface area contributed by atoms with Crippen LogP contribution >= 0.6 is 0 Å². The van der Waals surface area contributed by atoms with Crippen molar-refractivity contribution in [1.82, 2.24) is 0 Å². The molecule has 2 N–H and O–H groups in total. The molecule has 0 amide bonds. The third-order valence-corrected chi connectivity index (χ3v) is 2.50. The lowest BCUT2D eigenvalue weighted by Gasteiger charge is -2.07. The van der Waals surface area contributed by atoms with Crippen LogP contribution < -0.4 is 5.73 Å². The predicted molar refractivity (Wildman–Crippen MR) is 58.1 cm³/mol. The van der Waals surface area contributed by atoms with Crippen LogP contribution in [0.4, 0.5) is 8.78 Å². The van der Waals surface area contributed by atoms with E-state index >= 15 is 0 Å². The van der Waals surface area contributed by atoms with Crippen molar-refractivity contribution in [2.75, 3.05) is 6.54 Å². The molecule has 0 saturated heterocycles. The van der Waals surface area contributed by atoms with E-state index in [1.165, 1.54) is 0 Å². The minimum absolute atomic E-state index is 0.153. The van der Waals surface area contributed by atoms with Gasteiger partial charge < -0.3 is 5.73 Å². The molecule has 0 saturated carbocycles. The molecule has 3 heteroatoms. The highest BCUT2D eigenvalue weighted by Crippen LogP contribution is 2.24. The third-order valence-electron chi connectivity index (χ3n) is 2.50. The topological polar surface area (TPSA) is 26.0 Å². The van der Waals surface area contributed by atoms with Crippen molar-refractivity contribution >= 4 is 0 Å². The fourth-order valence-corrected chi connectivity index (χ4v) is 1.55. The van der Waals surface area contributed by atoms with Crippen molar-refractivity contribution in [1.29, 1.82) is 0 Å². The number of benzene rings is 1. The number of halogens is 2. The van der Waals surface area contributed by atoms with Crippen molar-refractivity contribution < 1.29 is 8.78 Å². The molecule has 0 fully saturated rings. The molecule has 0 spiro atoms. The van der Waals surface area contributed by atoms with Crippen LogP contribution in [0.25, 0.3) is 0 Å². The van der Waals surface area contributed by atoms with Crippen molar-refractivity contribution in [2.45, 2.75) is 32.6 Å². The minimum atomic E-state index is -2.38. The Morgan fingerprint density at radius 2 is 2.00 bits per heavy atom. The van der Waals surface area contributed by atoms with E-state index in [-0.39, 0.29) is 5.56 Å². The molecule has 0 atom stereocenters. The first-order chi connectivity index (χ1) is 7.15. The van der Waals surface area contributed by atoms with Crippen LogP contribution in [0.15, 0.2) is 18.2 Å². The van der Waals surface area contributed by atoms with E-state index in [1.54, 1.807) is 19.1 Å². The highest BCUT2D eigenvalue weighted by Gasteiger charge is 2.10. The lowest BCUT2D eigenvalue weighted by Crippen LogP contribution is -1.99. The Balaban J connectivity index is 2.70. The summed E-state index contributed by atoms with van der Waals surface area (Å²) in [6.45, 7) is 2.37. The van der Waals surface area contributed by atoms with Crippen molar-refractivity contribution in [2.24, 2.45) is 5.73 Å². The number of hydrogen-bond donors (Lipinski definition) is 1. The first-order valence-electron chi connectivity index (χ1n) is 5.22. The molecule has 0 aliphatic heterocycles. The van der Waals surface area contributed by atoms with Crippen LogP contribution in [-0.4, -0.2) is 6.54 Å². The lowest BCUT2D eigenvalue weighted by atomic mass is 10.0. The highest BCUT2D eigenvalue weighted by molar-refractivity contribution is 5.32. The van der Waals surface area contributed by atoms with E-state index < -0.39 is 6.43 Å². The van der Waals surface area contributed by atoms with Gasteiger partial charge in [0.25, 0.3) is 6.43 Å². The molecular formula is C12H17F2N. The van der Waals surface area contributed by atoms with Gasteiger partial charge in [0.15, 0.2) is 0 Å². The molecule has 0 aliphatic carbocycles. The molecule has 0 aliphatic rings. The molecule has 1 nitrogen and oxygen atoms in total. The largest absolute Gasteiger partial charge is 0.330 e. The Morgan fingerprint density at radius 3 is 2.60 bits per heavy atom. The number of rotatable bonds is 5. The fourth-order valence-electron chi connectivity index (χ4n) is 1.55. The molecule has 1 rings (SSSR count). The standard InChI is InChI=1S/C12H17F2N/c1-9-5-6-10(4-2-3-7-15)8-11(9)12(13)14/h5-6,8,12H,2-4,7,15H2,1H3.